The minimum atomic E-state index is -0.0956. The summed E-state index contributed by atoms with van der Waals surface area (Å²) in [6, 6.07) is 9.76. The van der Waals surface area contributed by atoms with Crippen molar-refractivity contribution in [3.05, 3.63) is 30.3 Å². The minimum absolute atomic E-state index is 0.0956. The second-order valence-electron chi connectivity index (χ2n) is 5.53. The molecule has 4 heteroatoms. The van der Waals surface area contributed by atoms with E-state index >= 15 is 0 Å². The Kier molecular flexibility index (Phi) is 3.42. The number of urea groups is 1. The van der Waals surface area contributed by atoms with Crippen molar-refractivity contribution in [2.24, 2.45) is 5.41 Å². The first-order chi connectivity index (χ1) is 9.28. The van der Waals surface area contributed by atoms with Gasteiger partial charge in [-0.2, -0.15) is 0 Å². The van der Waals surface area contributed by atoms with E-state index in [1.165, 1.54) is 6.42 Å². The second-order valence-corrected chi connectivity index (χ2v) is 5.53. The SMILES string of the molecule is O=C(Nc1ccccc1)NC1CCC12CCOCC2. The molecule has 0 radical (unpaired) electrons. The van der Waals surface area contributed by atoms with Crippen LogP contribution in [0.3, 0.4) is 0 Å². The third-order valence-corrected chi connectivity index (χ3v) is 4.50. The molecule has 1 atom stereocenters. The Morgan fingerprint density at radius 1 is 1.16 bits per heavy atom. The van der Waals surface area contributed by atoms with Crippen molar-refractivity contribution in [2.45, 2.75) is 31.7 Å². The number of hydrogen-bond acceptors (Lipinski definition) is 2. The summed E-state index contributed by atoms with van der Waals surface area (Å²) in [6.07, 6.45) is 4.45. The Labute approximate surface area is 113 Å². The average Bonchev–Trinajstić information content (AvgIpc) is 2.46. The molecular weight excluding hydrogens is 240 g/mol. The molecule has 1 saturated heterocycles. The van der Waals surface area contributed by atoms with E-state index < -0.39 is 0 Å². The molecule has 2 aliphatic rings. The van der Waals surface area contributed by atoms with E-state index in [-0.39, 0.29) is 6.03 Å². The molecule has 1 spiro atoms. The normalized spacial score (nSPS) is 24.5. The molecular formula is C15H20N2O2. The molecule has 1 aromatic carbocycles. The van der Waals surface area contributed by atoms with Crippen molar-refractivity contribution in [1.29, 1.82) is 0 Å². The van der Waals surface area contributed by atoms with Crippen LogP contribution in [0.1, 0.15) is 25.7 Å². The van der Waals surface area contributed by atoms with Crippen molar-refractivity contribution in [3.8, 4) is 0 Å². The van der Waals surface area contributed by atoms with Gasteiger partial charge in [0, 0.05) is 24.9 Å². The number of para-hydroxylation sites is 1. The van der Waals surface area contributed by atoms with Gasteiger partial charge in [0.05, 0.1) is 0 Å². The molecule has 1 aliphatic heterocycles. The lowest BCUT2D eigenvalue weighted by Crippen LogP contribution is -2.57. The predicted molar refractivity (Wildman–Crippen MR) is 74.1 cm³/mol. The predicted octanol–water partition coefficient (Wildman–Crippen LogP) is 2.77. The largest absolute Gasteiger partial charge is 0.381 e. The number of anilines is 1. The lowest BCUT2D eigenvalue weighted by molar-refractivity contribution is -0.0507. The van der Waals surface area contributed by atoms with Crippen LogP contribution < -0.4 is 10.6 Å². The molecule has 1 aliphatic carbocycles. The van der Waals surface area contributed by atoms with Gasteiger partial charge in [-0.1, -0.05) is 18.2 Å². The first-order valence-corrected chi connectivity index (χ1v) is 6.99. The van der Waals surface area contributed by atoms with Gasteiger partial charge in [0.15, 0.2) is 0 Å². The zero-order valence-corrected chi connectivity index (χ0v) is 11.0. The summed E-state index contributed by atoms with van der Waals surface area (Å²) in [6.45, 7) is 1.66. The standard InChI is InChI=1S/C15H20N2O2/c18-14(16-12-4-2-1-3-5-12)17-13-6-7-15(13)8-10-19-11-9-15/h1-5,13H,6-11H2,(H2,16,17,18). The maximum Gasteiger partial charge on any atom is 0.319 e. The van der Waals surface area contributed by atoms with E-state index in [0.29, 0.717) is 11.5 Å². The van der Waals surface area contributed by atoms with Crippen LogP contribution in [0.5, 0.6) is 0 Å². The van der Waals surface area contributed by atoms with Crippen LogP contribution in [0, 0.1) is 5.41 Å². The lowest BCUT2D eigenvalue weighted by Gasteiger charge is -2.51. The van der Waals surface area contributed by atoms with Gasteiger partial charge in [0.1, 0.15) is 0 Å². The van der Waals surface area contributed by atoms with Crippen LogP contribution in [0.4, 0.5) is 10.5 Å². The van der Waals surface area contributed by atoms with E-state index in [2.05, 4.69) is 10.6 Å². The van der Waals surface area contributed by atoms with Gasteiger partial charge < -0.3 is 15.4 Å². The smallest absolute Gasteiger partial charge is 0.319 e. The molecule has 0 aromatic heterocycles. The summed E-state index contributed by atoms with van der Waals surface area (Å²) < 4.78 is 5.42. The minimum Gasteiger partial charge on any atom is -0.381 e. The average molecular weight is 260 g/mol. The molecule has 1 saturated carbocycles. The van der Waals surface area contributed by atoms with Gasteiger partial charge in [0.2, 0.25) is 0 Å². The number of rotatable bonds is 2. The van der Waals surface area contributed by atoms with E-state index in [1.807, 2.05) is 30.3 Å². The van der Waals surface area contributed by atoms with Crippen LogP contribution in [0.25, 0.3) is 0 Å². The molecule has 4 nitrogen and oxygen atoms in total. The highest BCUT2D eigenvalue weighted by atomic mass is 16.5. The Bertz CT molecular complexity index is 441. The highest BCUT2D eigenvalue weighted by Gasteiger charge is 2.47. The van der Waals surface area contributed by atoms with Crippen LogP contribution >= 0.6 is 0 Å². The third-order valence-electron chi connectivity index (χ3n) is 4.50. The highest BCUT2D eigenvalue weighted by molar-refractivity contribution is 5.89. The summed E-state index contributed by atoms with van der Waals surface area (Å²) in [5.41, 5.74) is 1.13. The number of hydrogen-bond donors (Lipinski definition) is 2. The number of carbonyl (C=O) groups excluding carboxylic acids is 1. The third kappa shape index (κ3) is 2.59. The Balaban J connectivity index is 1.55. The fraction of sp³-hybridized carbons (Fsp3) is 0.533. The zero-order valence-electron chi connectivity index (χ0n) is 11.0. The van der Waals surface area contributed by atoms with Gasteiger partial charge in [-0.05, 0) is 43.2 Å². The van der Waals surface area contributed by atoms with Crippen molar-refractivity contribution in [2.75, 3.05) is 18.5 Å². The summed E-state index contributed by atoms with van der Waals surface area (Å²) in [5, 5.41) is 6.00. The number of carbonyl (C=O) groups is 1. The molecule has 1 heterocycles. The summed E-state index contributed by atoms with van der Waals surface area (Å²) in [7, 11) is 0. The van der Waals surface area contributed by atoms with Crippen LogP contribution in [0.15, 0.2) is 30.3 Å². The molecule has 2 amide bonds. The fourth-order valence-electron chi connectivity index (χ4n) is 3.15. The van der Waals surface area contributed by atoms with Gasteiger partial charge >= 0.3 is 6.03 Å². The monoisotopic (exact) mass is 260 g/mol. The van der Waals surface area contributed by atoms with Gasteiger partial charge in [0.25, 0.3) is 0 Å². The van der Waals surface area contributed by atoms with Crippen LogP contribution in [0.2, 0.25) is 0 Å². The second kappa shape index (κ2) is 5.21. The topological polar surface area (TPSA) is 50.4 Å². The molecule has 0 bridgehead atoms. The molecule has 1 aromatic rings. The fourth-order valence-corrected chi connectivity index (χ4v) is 3.15. The summed E-state index contributed by atoms with van der Waals surface area (Å²) in [4.78, 5) is 12.0. The number of ether oxygens (including phenoxy) is 1. The van der Waals surface area contributed by atoms with Crippen LogP contribution in [-0.4, -0.2) is 25.3 Å². The van der Waals surface area contributed by atoms with Crippen molar-refractivity contribution in [3.63, 3.8) is 0 Å². The number of amides is 2. The van der Waals surface area contributed by atoms with Gasteiger partial charge in [-0.25, -0.2) is 4.79 Å². The Hall–Kier alpha value is -1.55. The van der Waals surface area contributed by atoms with Gasteiger partial charge in [-0.15, -0.1) is 0 Å². The summed E-state index contributed by atoms with van der Waals surface area (Å²) >= 11 is 0. The van der Waals surface area contributed by atoms with E-state index in [0.717, 1.165) is 38.2 Å². The van der Waals surface area contributed by atoms with Gasteiger partial charge in [-0.3, -0.25) is 0 Å². The first-order valence-electron chi connectivity index (χ1n) is 6.99. The maximum absolute atomic E-state index is 12.0. The lowest BCUT2D eigenvalue weighted by atomic mass is 9.60. The van der Waals surface area contributed by atoms with Crippen molar-refractivity contribution >= 4 is 11.7 Å². The molecule has 1 unspecified atom stereocenters. The molecule has 19 heavy (non-hydrogen) atoms. The maximum atomic E-state index is 12.0. The summed E-state index contributed by atoms with van der Waals surface area (Å²) in [5.74, 6) is 0. The number of nitrogens with one attached hydrogen (secondary N) is 2. The van der Waals surface area contributed by atoms with E-state index in [1.54, 1.807) is 0 Å². The molecule has 2 fully saturated rings. The van der Waals surface area contributed by atoms with E-state index in [4.69, 9.17) is 4.74 Å². The molecule has 2 N–H and O–H groups in total. The van der Waals surface area contributed by atoms with E-state index in [9.17, 15) is 4.79 Å². The Morgan fingerprint density at radius 3 is 2.53 bits per heavy atom. The number of benzene rings is 1. The molecule has 102 valence electrons. The van der Waals surface area contributed by atoms with Crippen molar-refractivity contribution < 1.29 is 9.53 Å². The zero-order chi connectivity index (χ0) is 13.1. The van der Waals surface area contributed by atoms with Crippen molar-refractivity contribution in [1.82, 2.24) is 5.32 Å². The quantitative estimate of drug-likeness (QED) is 0.859. The highest BCUT2D eigenvalue weighted by Crippen LogP contribution is 2.48. The van der Waals surface area contributed by atoms with Crippen LogP contribution in [-0.2, 0) is 4.74 Å². The first kappa shape index (κ1) is 12.5. The Morgan fingerprint density at radius 2 is 1.89 bits per heavy atom. The molecule has 3 rings (SSSR count).